The second kappa shape index (κ2) is 8.32. The third kappa shape index (κ3) is 4.04. The minimum atomic E-state index is -0.209. The summed E-state index contributed by atoms with van der Waals surface area (Å²) >= 11 is 1.56. The van der Waals surface area contributed by atoms with Gasteiger partial charge in [0, 0.05) is 10.6 Å². The number of aryl methyl sites for hydroxylation is 4. The Morgan fingerprint density at radius 2 is 1.90 bits per heavy atom. The summed E-state index contributed by atoms with van der Waals surface area (Å²) in [5, 5.41) is 3.62. The number of thiophene rings is 1. The molecule has 1 N–H and O–H groups in total. The third-order valence-corrected chi connectivity index (χ3v) is 7.00. The van der Waals surface area contributed by atoms with Crippen molar-refractivity contribution in [1.29, 1.82) is 0 Å². The SMILES string of the molecule is Cc1ccc(C)c(NC(=O)Cn2c(CN3CCCC3)nc3sc(C)c(C)c3c2=O)c1. The highest BCUT2D eigenvalue weighted by Crippen LogP contribution is 2.27. The molecule has 1 fully saturated rings. The van der Waals surface area contributed by atoms with Crippen molar-refractivity contribution in [2.24, 2.45) is 0 Å². The fourth-order valence-electron chi connectivity index (χ4n) is 4.00. The molecule has 4 rings (SSSR count). The van der Waals surface area contributed by atoms with E-state index in [1.165, 1.54) is 0 Å². The van der Waals surface area contributed by atoms with E-state index < -0.39 is 0 Å². The summed E-state index contributed by atoms with van der Waals surface area (Å²) in [6.45, 7) is 10.5. The average molecular weight is 425 g/mol. The van der Waals surface area contributed by atoms with Crippen molar-refractivity contribution >= 4 is 33.1 Å². The summed E-state index contributed by atoms with van der Waals surface area (Å²) < 4.78 is 1.57. The van der Waals surface area contributed by atoms with Crippen molar-refractivity contribution in [2.75, 3.05) is 18.4 Å². The van der Waals surface area contributed by atoms with Crippen molar-refractivity contribution in [3.05, 3.63) is 55.9 Å². The predicted molar refractivity (Wildman–Crippen MR) is 122 cm³/mol. The largest absolute Gasteiger partial charge is 0.324 e. The van der Waals surface area contributed by atoms with Crippen LogP contribution < -0.4 is 10.9 Å². The Hall–Kier alpha value is -2.51. The summed E-state index contributed by atoms with van der Waals surface area (Å²) in [5.41, 5.74) is 3.70. The van der Waals surface area contributed by atoms with Gasteiger partial charge in [-0.2, -0.15) is 0 Å². The van der Waals surface area contributed by atoms with E-state index in [1.807, 2.05) is 45.9 Å². The second-order valence-electron chi connectivity index (χ2n) is 8.23. The molecule has 30 heavy (non-hydrogen) atoms. The molecular weight excluding hydrogens is 396 g/mol. The molecule has 3 heterocycles. The van der Waals surface area contributed by atoms with E-state index in [0.29, 0.717) is 17.8 Å². The third-order valence-electron chi connectivity index (χ3n) is 5.90. The van der Waals surface area contributed by atoms with Crippen LogP contribution in [0.5, 0.6) is 0 Å². The van der Waals surface area contributed by atoms with Crippen molar-refractivity contribution in [1.82, 2.24) is 14.5 Å². The Kier molecular flexibility index (Phi) is 5.75. The standard InChI is InChI=1S/C23H28N4O2S/c1-14-7-8-15(2)18(11-14)24-20(28)13-27-19(12-26-9-5-6-10-26)25-22-21(23(27)29)16(3)17(4)30-22/h7-8,11H,5-6,9-10,12-13H2,1-4H3,(H,24,28). The summed E-state index contributed by atoms with van der Waals surface area (Å²) in [6, 6.07) is 5.96. The number of fused-ring (bicyclic) bond motifs is 1. The Morgan fingerprint density at radius 3 is 2.63 bits per heavy atom. The highest BCUT2D eigenvalue weighted by molar-refractivity contribution is 7.18. The van der Waals surface area contributed by atoms with Crippen LogP contribution in [0.15, 0.2) is 23.0 Å². The van der Waals surface area contributed by atoms with Crippen LogP contribution in [0, 0.1) is 27.7 Å². The lowest BCUT2D eigenvalue weighted by Gasteiger charge is -2.18. The molecule has 1 aliphatic heterocycles. The Labute approximate surface area is 180 Å². The summed E-state index contributed by atoms with van der Waals surface area (Å²) in [6.07, 6.45) is 2.33. The van der Waals surface area contributed by atoms with Gasteiger partial charge in [-0.1, -0.05) is 12.1 Å². The molecule has 1 saturated heterocycles. The minimum absolute atomic E-state index is 0.0351. The van der Waals surface area contributed by atoms with Crippen LogP contribution in [0.3, 0.4) is 0 Å². The first kappa shape index (κ1) is 20.8. The van der Waals surface area contributed by atoms with Gasteiger partial charge in [0.05, 0.1) is 11.9 Å². The molecule has 1 aliphatic rings. The van der Waals surface area contributed by atoms with Crippen LogP contribution >= 0.6 is 11.3 Å². The highest BCUT2D eigenvalue weighted by atomic mass is 32.1. The lowest BCUT2D eigenvalue weighted by molar-refractivity contribution is -0.116. The van der Waals surface area contributed by atoms with E-state index >= 15 is 0 Å². The molecular formula is C23H28N4O2S. The summed E-state index contributed by atoms with van der Waals surface area (Å²) in [4.78, 5) is 35.3. The molecule has 2 aromatic heterocycles. The van der Waals surface area contributed by atoms with Crippen molar-refractivity contribution in [3.8, 4) is 0 Å². The Balaban J connectivity index is 1.70. The van der Waals surface area contributed by atoms with E-state index in [1.54, 1.807) is 15.9 Å². The molecule has 0 unspecified atom stereocenters. The lowest BCUT2D eigenvalue weighted by Crippen LogP contribution is -2.33. The average Bonchev–Trinajstić information content (AvgIpc) is 3.30. The molecule has 6 nitrogen and oxygen atoms in total. The van der Waals surface area contributed by atoms with E-state index in [-0.39, 0.29) is 18.0 Å². The topological polar surface area (TPSA) is 67.2 Å². The summed E-state index contributed by atoms with van der Waals surface area (Å²) in [7, 11) is 0. The molecule has 1 aromatic carbocycles. The number of likely N-dealkylation sites (tertiary alicyclic amines) is 1. The zero-order valence-corrected chi connectivity index (χ0v) is 18.9. The molecule has 0 atom stereocenters. The van der Waals surface area contributed by atoms with Crippen LogP contribution in [0.25, 0.3) is 10.2 Å². The lowest BCUT2D eigenvalue weighted by atomic mass is 10.1. The van der Waals surface area contributed by atoms with Gasteiger partial charge >= 0.3 is 0 Å². The number of amides is 1. The fourth-order valence-corrected chi connectivity index (χ4v) is 5.04. The predicted octanol–water partition coefficient (Wildman–Crippen LogP) is 3.93. The van der Waals surface area contributed by atoms with Gasteiger partial charge in [-0.3, -0.25) is 19.1 Å². The minimum Gasteiger partial charge on any atom is -0.324 e. The van der Waals surface area contributed by atoms with Crippen LogP contribution in [0.2, 0.25) is 0 Å². The van der Waals surface area contributed by atoms with Gasteiger partial charge in [-0.05, 0) is 76.4 Å². The first-order valence-electron chi connectivity index (χ1n) is 10.4. The maximum absolute atomic E-state index is 13.4. The highest BCUT2D eigenvalue weighted by Gasteiger charge is 2.21. The number of rotatable bonds is 5. The van der Waals surface area contributed by atoms with Gasteiger partial charge in [-0.25, -0.2) is 4.98 Å². The Bertz CT molecular complexity index is 1170. The molecule has 0 aliphatic carbocycles. The molecule has 158 valence electrons. The molecule has 0 saturated carbocycles. The monoisotopic (exact) mass is 424 g/mol. The molecule has 3 aromatic rings. The number of aromatic nitrogens is 2. The van der Waals surface area contributed by atoms with Gasteiger partial charge in [0.15, 0.2) is 0 Å². The smallest absolute Gasteiger partial charge is 0.263 e. The van der Waals surface area contributed by atoms with Crippen molar-refractivity contribution < 1.29 is 4.79 Å². The maximum Gasteiger partial charge on any atom is 0.263 e. The number of carbonyl (C=O) groups excluding carboxylic acids is 1. The van der Waals surface area contributed by atoms with Crippen molar-refractivity contribution in [3.63, 3.8) is 0 Å². The zero-order valence-electron chi connectivity index (χ0n) is 18.0. The summed E-state index contributed by atoms with van der Waals surface area (Å²) in [5.74, 6) is 0.464. The number of carbonyl (C=O) groups is 1. The quantitative estimate of drug-likeness (QED) is 0.674. The van der Waals surface area contributed by atoms with Gasteiger partial charge in [0.25, 0.3) is 5.56 Å². The van der Waals surface area contributed by atoms with Gasteiger partial charge < -0.3 is 5.32 Å². The van der Waals surface area contributed by atoms with Crippen LogP contribution in [-0.4, -0.2) is 33.4 Å². The van der Waals surface area contributed by atoms with Crippen molar-refractivity contribution in [2.45, 2.75) is 53.6 Å². The number of nitrogens with one attached hydrogen (secondary N) is 1. The number of hydrogen-bond acceptors (Lipinski definition) is 5. The zero-order chi connectivity index (χ0) is 21.4. The maximum atomic E-state index is 13.4. The van der Waals surface area contributed by atoms with Gasteiger partial charge in [-0.15, -0.1) is 11.3 Å². The van der Waals surface area contributed by atoms with Crippen LogP contribution in [0.1, 0.15) is 40.2 Å². The van der Waals surface area contributed by atoms with E-state index in [2.05, 4.69) is 10.2 Å². The molecule has 1 amide bonds. The van der Waals surface area contributed by atoms with E-state index in [9.17, 15) is 9.59 Å². The number of benzene rings is 1. The van der Waals surface area contributed by atoms with Gasteiger partial charge in [0.2, 0.25) is 5.91 Å². The van der Waals surface area contributed by atoms with Crippen LogP contribution in [-0.2, 0) is 17.9 Å². The van der Waals surface area contributed by atoms with Gasteiger partial charge in [0.1, 0.15) is 17.2 Å². The second-order valence-corrected chi connectivity index (χ2v) is 9.44. The molecule has 0 spiro atoms. The first-order chi connectivity index (χ1) is 14.3. The number of anilines is 1. The fraction of sp³-hybridized carbons (Fsp3) is 0.435. The first-order valence-corrected chi connectivity index (χ1v) is 11.2. The molecule has 0 radical (unpaired) electrons. The number of hydrogen-bond donors (Lipinski definition) is 1. The molecule has 7 heteroatoms. The Morgan fingerprint density at radius 1 is 1.17 bits per heavy atom. The van der Waals surface area contributed by atoms with E-state index in [4.69, 9.17) is 4.98 Å². The van der Waals surface area contributed by atoms with E-state index in [0.717, 1.165) is 58.0 Å². The number of nitrogens with zero attached hydrogens (tertiary/aromatic N) is 3. The van der Waals surface area contributed by atoms with Crippen LogP contribution in [0.4, 0.5) is 5.69 Å². The molecule has 0 bridgehead atoms. The normalized spacial score (nSPS) is 14.5.